The number of aromatic nitrogens is 2. The second-order valence-electron chi connectivity index (χ2n) is 5.72. The molecule has 8 heteroatoms. The molecule has 4 rings (SSSR count). The lowest BCUT2D eigenvalue weighted by Gasteiger charge is -2.27. The molecule has 1 aliphatic rings. The van der Waals surface area contributed by atoms with E-state index in [0.29, 0.717) is 37.6 Å². The Morgan fingerprint density at radius 2 is 1.72 bits per heavy atom. The van der Waals surface area contributed by atoms with Crippen LogP contribution in [-0.4, -0.2) is 43.9 Å². The normalized spacial score (nSPS) is 15.6. The number of hydrogen-bond acceptors (Lipinski definition) is 5. The van der Waals surface area contributed by atoms with E-state index < -0.39 is 10.0 Å². The minimum absolute atomic E-state index is 0.216. The number of halogens is 1. The maximum absolute atomic E-state index is 13.1. The van der Waals surface area contributed by atoms with Crippen molar-refractivity contribution in [3.05, 3.63) is 53.0 Å². The Hall–Kier alpha value is -1.90. The number of fused-ring (bicyclic) bond motifs is 1. The van der Waals surface area contributed by atoms with Crippen molar-refractivity contribution in [1.29, 1.82) is 0 Å². The zero-order chi connectivity index (χ0) is 17.4. The third-order valence-corrected chi connectivity index (χ3v) is 6.45. The molecular formula is C17H16BrN3O3S. The molecule has 0 aliphatic carbocycles. The van der Waals surface area contributed by atoms with E-state index in [0.717, 1.165) is 13.9 Å². The van der Waals surface area contributed by atoms with Gasteiger partial charge in [0.05, 0.1) is 29.0 Å². The lowest BCUT2D eigenvalue weighted by Crippen LogP contribution is -2.36. The van der Waals surface area contributed by atoms with Crippen molar-refractivity contribution in [3.8, 4) is 0 Å². The van der Waals surface area contributed by atoms with Crippen LogP contribution in [0.3, 0.4) is 0 Å². The molecule has 2 aromatic carbocycles. The third-order valence-electron chi connectivity index (χ3n) is 4.19. The summed E-state index contributed by atoms with van der Waals surface area (Å²) in [6.07, 6.45) is 0. The topological polar surface area (TPSA) is 64.4 Å². The van der Waals surface area contributed by atoms with E-state index in [2.05, 4.69) is 25.9 Å². The van der Waals surface area contributed by atoms with Crippen LogP contribution in [0.2, 0.25) is 0 Å². The van der Waals surface area contributed by atoms with Gasteiger partial charge in [-0.2, -0.15) is 12.5 Å². The first-order valence-corrected chi connectivity index (χ1v) is 10.1. The molecule has 0 spiro atoms. The van der Waals surface area contributed by atoms with Gasteiger partial charge in [-0.1, -0.05) is 24.3 Å². The highest BCUT2D eigenvalue weighted by Gasteiger charge is 2.26. The second-order valence-corrected chi connectivity index (χ2v) is 8.34. The van der Waals surface area contributed by atoms with E-state index in [1.807, 2.05) is 12.1 Å². The highest BCUT2D eigenvalue weighted by Crippen LogP contribution is 2.34. The number of nitrogens with zero attached hydrogens (tertiary/aromatic N) is 3. The summed E-state index contributed by atoms with van der Waals surface area (Å²) in [4.78, 5) is 2.28. The van der Waals surface area contributed by atoms with Gasteiger partial charge in [0.15, 0.2) is 5.82 Å². The van der Waals surface area contributed by atoms with Crippen LogP contribution < -0.4 is 4.90 Å². The number of morpholine rings is 1. The van der Waals surface area contributed by atoms with Crippen molar-refractivity contribution in [2.75, 3.05) is 31.2 Å². The van der Waals surface area contributed by atoms with Crippen molar-refractivity contribution in [3.63, 3.8) is 0 Å². The quantitative estimate of drug-likeness (QED) is 0.650. The number of anilines is 1. The Labute approximate surface area is 154 Å². The van der Waals surface area contributed by atoms with E-state index in [9.17, 15) is 8.42 Å². The van der Waals surface area contributed by atoms with Gasteiger partial charge in [0.25, 0.3) is 10.0 Å². The zero-order valence-corrected chi connectivity index (χ0v) is 15.7. The van der Waals surface area contributed by atoms with Gasteiger partial charge in [-0.05, 0) is 40.2 Å². The number of rotatable bonds is 3. The Bertz CT molecular complexity index is 1010. The van der Waals surface area contributed by atoms with Crippen molar-refractivity contribution < 1.29 is 13.2 Å². The average Bonchev–Trinajstić information content (AvgIpc) is 3.05. The molecule has 130 valence electrons. The fourth-order valence-corrected chi connectivity index (χ4v) is 4.79. The van der Waals surface area contributed by atoms with Crippen LogP contribution in [0.1, 0.15) is 0 Å². The minimum Gasteiger partial charge on any atom is -0.378 e. The van der Waals surface area contributed by atoms with Crippen molar-refractivity contribution in [2.24, 2.45) is 0 Å². The molecule has 6 nitrogen and oxygen atoms in total. The number of ether oxygens (including phenoxy) is 1. The van der Waals surface area contributed by atoms with E-state index in [-0.39, 0.29) is 4.90 Å². The summed E-state index contributed by atoms with van der Waals surface area (Å²) in [5.41, 5.74) is 0.555. The summed E-state index contributed by atoms with van der Waals surface area (Å²) in [6, 6.07) is 13.8. The molecule has 0 unspecified atom stereocenters. The fourth-order valence-electron chi connectivity index (χ4n) is 2.96. The van der Waals surface area contributed by atoms with Crippen LogP contribution in [0.5, 0.6) is 0 Å². The molecule has 2 heterocycles. The summed E-state index contributed by atoms with van der Waals surface area (Å²) in [6.45, 7) is 2.56. The van der Waals surface area contributed by atoms with Crippen LogP contribution in [-0.2, 0) is 14.8 Å². The summed E-state index contributed by atoms with van der Waals surface area (Å²) < 4.78 is 33.5. The number of benzene rings is 2. The maximum Gasteiger partial charge on any atom is 0.283 e. The van der Waals surface area contributed by atoms with E-state index in [1.54, 1.807) is 36.4 Å². The van der Waals surface area contributed by atoms with Crippen LogP contribution >= 0.6 is 15.9 Å². The molecule has 0 N–H and O–H groups in total. The first-order chi connectivity index (χ1) is 12.1. The van der Waals surface area contributed by atoms with Gasteiger partial charge in [-0.15, -0.1) is 5.10 Å². The minimum atomic E-state index is -3.77. The lowest BCUT2D eigenvalue weighted by molar-refractivity contribution is 0.122. The molecule has 0 atom stereocenters. The Morgan fingerprint density at radius 1 is 1.00 bits per heavy atom. The SMILES string of the molecule is O=S(=O)(c1ccccc1)n1nc(N2CCOCC2)c2c(Br)cccc21. The van der Waals surface area contributed by atoms with Crippen molar-refractivity contribution >= 4 is 42.7 Å². The van der Waals surface area contributed by atoms with Gasteiger partial charge in [-0.3, -0.25) is 0 Å². The summed E-state index contributed by atoms with van der Waals surface area (Å²) in [5, 5.41) is 5.29. The standard InChI is InChI=1S/C17H16BrN3O3S/c18-14-7-4-8-15-16(14)17(20-9-11-24-12-10-20)19-21(15)25(22,23)13-5-2-1-3-6-13/h1-8H,9-12H2. The van der Waals surface area contributed by atoms with Crippen LogP contribution in [0.25, 0.3) is 10.9 Å². The predicted molar refractivity (Wildman–Crippen MR) is 99.5 cm³/mol. The first-order valence-electron chi connectivity index (χ1n) is 7.89. The van der Waals surface area contributed by atoms with E-state index in [1.165, 1.54) is 0 Å². The lowest BCUT2D eigenvalue weighted by atomic mass is 10.2. The maximum atomic E-state index is 13.1. The van der Waals surface area contributed by atoms with Gasteiger partial charge in [0, 0.05) is 17.6 Å². The van der Waals surface area contributed by atoms with Gasteiger partial charge >= 0.3 is 0 Å². The largest absolute Gasteiger partial charge is 0.378 e. The monoisotopic (exact) mass is 421 g/mol. The molecular weight excluding hydrogens is 406 g/mol. The highest BCUT2D eigenvalue weighted by molar-refractivity contribution is 9.10. The molecule has 1 saturated heterocycles. The third kappa shape index (κ3) is 2.84. The molecule has 1 fully saturated rings. The Morgan fingerprint density at radius 3 is 2.44 bits per heavy atom. The smallest absolute Gasteiger partial charge is 0.283 e. The Kier molecular flexibility index (Phi) is 4.26. The summed E-state index contributed by atoms with van der Waals surface area (Å²) >= 11 is 3.54. The van der Waals surface area contributed by atoms with Crippen LogP contribution in [0.15, 0.2) is 57.9 Å². The molecule has 0 saturated carbocycles. The van der Waals surface area contributed by atoms with Gasteiger partial charge < -0.3 is 9.64 Å². The van der Waals surface area contributed by atoms with E-state index in [4.69, 9.17) is 4.74 Å². The molecule has 0 bridgehead atoms. The highest BCUT2D eigenvalue weighted by atomic mass is 79.9. The summed E-state index contributed by atoms with van der Waals surface area (Å²) in [7, 11) is -3.77. The molecule has 0 amide bonds. The van der Waals surface area contributed by atoms with Crippen molar-refractivity contribution in [2.45, 2.75) is 4.90 Å². The predicted octanol–water partition coefficient (Wildman–Crippen LogP) is 2.87. The first kappa shape index (κ1) is 16.6. The molecule has 25 heavy (non-hydrogen) atoms. The fraction of sp³-hybridized carbons (Fsp3) is 0.235. The second kappa shape index (κ2) is 6.44. The molecule has 1 aromatic heterocycles. The summed E-state index contributed by atoms with van der Waals surface area (Å²) in [5.74, 6) is 0.658. The van der Waals surface area contributed by atoms with Crippen LogP contribution in [0, 0.1) is 0 Å². The van der Waals surface area contributed by atoms with E-state index >= 15 is 0 Å². The average molecular weight is 422 g/mol. The molecule has 1 aliphatic heterocycles. The van der Waals surface area contributed by atoms with Crippen LogP contribution in [0.4, 0.5) is 5.82 Å². The van der Waals surface area contributed by atoms with Crippen molar-refractivity contribution in [1.82, 2.24) is 9.19 Å². The van der Waals surface area contributed by atoms with Gasteiger partial charge in [-0.25, -0.2) is 0 Å². The molecule has 0 radical (unpaired) electrons. The Balaban J connectivity index is 1.95. The zero-order valence-electron chi connectivity index (χ0n) is 13.3. The van der Waals surface area contributed by atoms with Gasteiger partial charge in [0.2, 0.25) is 0 Å². The number of hydrogen-bond donors (Lipinski definition) is 0. The molecule has 3 aromatic rings. The van der Waals surface area contributed by atoms with Gasteiger partial charge in [0.1, 0.15) is 0 Å².